The van der Waals surface area contributed by atoms with Crippen LogP contribution in [0.3, 0.4) is 0 Å². The molecule has 3 N–H and O–H groups in total. The van der Waals surface area contributed by atoms with Crippen LogP contribution in [0.2, 0.25) is 0 Å². The molecule has 3 rings (SSSR count). The lowest BCUT2D eigenvalue weighted by Crippen LogP contribution is -2.25. The Morgan fingerprint density at radius 1 is 1.25 bits per heavy atom. The molecule has 188 valence electrons. The average molecular weight is 560 g/mol. The number of esters is 1. The van der Waals surface area contributed by atoms with E-state index in [0.29, 0.717) is 10.0 Å². The second-order valence-electron chi connectivity index (χ2n) is 7.49. The summed E-state index contributed by atoms with van der Waals surface area (Å²) in [7, 11) is 1.40. The van der Waals surface area contributed by atoms with Crippen LogP contribution in [0.25, 0.3) is 0 Å². The van der Waals surface area contributed by atoms with Gasteiger partial charge in [-0.25, -0.2) is 9.18 Å². The van der Waals surface area contributed by atoms with Crippen molar-refractivity contribution in [2.24, 2.45) is 5.73 Å². The van der Waals surface area contributed by atoms with E-state index in [4.69, 9.17) is 24.7 Å². The van der Waals surface area contributed by atoms with Crippen LogP contribution in [0.15, 0.2) is 63.7 Å². The van der Waals surface area contributed by atoms with Crippen LogP contribution in [0.5, 0.6) is 11.5 Å². The Hall–Kier alpha value is -4.04. The molecule has 2 aromatic carbocycles. The number of nitriles is 1. The molecule has 0 radical (unpaired) electrons. The summed E-state index contributed by atoms with van der Waals surface area (Å²) in [4.78, 5) is 25.0. The van der Waals surface area contributed by atoms with Gasteiger partial charge >= 0.3 is 5.97 Å². The molecule has 0 aliphatic carbocycles. The van der Waals surface area contributed by atoms with Gasteiger partial charge in [0, 0.05) is 4.47 Å². The highest BCUT2D eigenvalue weighted by atomic mass is 79.9. The largest absolute Gasteiger partial charge is 0.493 e. The van der Waals surface area contributed by atoms with Gasteiger partial charge in [-0.1, -0.05) is 22.0 Å². The van der Waals surface area contributed by atoms with Gasteiger partial charge < -0.3 is 30.0 Å². The topological polar surface area (TPSA) is 133 Å². The van der Waals surface area contributed by atoms with Gasteiger partial charge in [0.2, 0.25) is 5.88 Å². The fourth-order valence-corrected chi connectivity index (χ4v) is 3.92. The van der Waals surface area contributed by atoms with E-state index in [-0.39, 0.29) is 46.6 Å². The van der Waals surface area contributed by atoms with E-state index in [2.05, 4.69) is 21.2 Å². The number of methoxy groups -OCH3 is 1. The van der Waals surface area contributed by atoms with Crippen LogP contribution in [0, 0.1) is 17.1 Å². The minimum atomic E-state index is -0.866. The molecule has 0 spiro atoms. The minimum absolute atomic E-state index is 0.00990. The molecule has 1 unspecified atom stereocenters. The van der Waals surface area contributed by atoms with Crippen molar-refractivity contribution < 1.29 is 32.9 Å². The van der Waals surface area contributed by atoms with Crippen molar-refractivity contribution >= 4 is 33.5 Å². The third kappa shape index (κ3) is 5.78. The number of carbonyl (C=O) groups excluding carboxylic acids is 2. The van der Waals surface area contributed by atoms with Crippen LogP contribution in [0.1, 0.15) is 25.3 Å². The maximum atomic E-state index is 14.0. The smallest absolute Gasteiger partial charge is 0.338 e. The summed E-state index contributed by atoms with van der Waals surface area (Å²) in [5.41, 5.74) is 6.60. The average Bonchev–Trinajstić information content (AvgIpc) is 2.84. The number of benzene rings is 2. The molecule has 1 heterocycles. The van der Waals surface area contributed by atoms with Gasteiger partial charge in [-0.05, 0) is 49.7 Å². The summed E-state index contributed by atoms with van der Waals surface area (Å²) >= 11 is 3.15. The summed E-state index contributed by atoms with van der Waals surface area (Å²) < 4.78 is 36.1. The molecule has 11 heteroatoms. The van der Waals surface area contributed by atoms with E-state index >= 15 is 0 Å². The summed E-state index contributed by atoms with van der Waals surface area (Å²) in [6.07, 6.45) is 0. The van der Waals surface area contributed by atoms with Gasteiger partial charge in [0.1, 0.15) is 23.2 Å². The standard InChI is InChI=1S/C25H23BrFN3O6/c1-4-34-25(32)22-13(2)36-24(29)16(11-28)23(22)14-5-8-19(20(9-14)33-3)35-12-21(31)30-18-7-6-15(26)10-17(18)27/h5-10,23H,4,12,29H2,1-3H3,(H,30,31). The number of allylic oxidation sites excluding steroid dienone is 2. The second kappa shape index (κ2) is 11.6. The van der Waals surface area contributed by atoms with Gasteiger partial charge in [0.25, 0.3) is 5.91 Å². The number of amides is 1. The zero-order valence-corrected chi connectivity index (χ0v) is 21.3. The number of nitrogens with zero attached hydrogens (tertiary/aromatic N) is 1. The van der Waals surface area contributed by atoms with Gasteiger partial charge in [0.05, 0.1) is 30.9 Å². The Kier molecular flexibility index (Phi) is 8.55. The number of nitrogens with two attached hydrogens (primary N) is 1. The molecule has 2 aromatic rings. The van der Waals surface area contributed by atoms with E-state index in [9.17, 15) is 19.2 Å². The van der Waals surface area contributed by atoms with E-state index < -0.39 is 30.2 Å². The number of ether oxygens (including phenoxy) is 4. The highest BCUT2D eigenvalue weighted by Crippen LogP contribution is 2.42. The summed E-state index contributed by atoms with van der Waals surface area (Å²) in [5.74, 6) is -2.15. The number of carbonyl (C=O) groups is 2. The van der Waals surface area contributed by atoms with Crippen molar-refractivity contribution in [3.05, 3.63) is 75.0 Å². The number of hydrogen-bond donors (Lipinski definition) is 2. The predicted octanol–water partition coefficient (Wildman–Crippen LogP) is 4.26. The molecule has 0 fully saturated rings. The first-order valence-electron chi connectivity index (χ1n) is 10.7. The molecule has 1 aliphatic heterocycles. The molecular weight excluding hydrogens is 537 g/mol. The summed E-state index contributed by atoms with van der Waals surface area (Å²) in [5, 5.41) is 12.2. The molecule has 1 atom stereocenters. The van der Waals surface area contributed by atoms with Gasteiger partial charge in [-0.3, -0.25) is 4.79 Å². The Morgan fingerprint density at radius 2 is 2.00 bits per heavy atom. The van der Waals surface area contributed by atoms with Crippen molar-refractivity contribution in [1.29, 1.82) is 5.26 Å². The third-order valence-corrected chi connectivity index (χ3v) is 5.68. The lowest BCUT2D eigenvalue weighted by molar-refractivity contribution is -0.139. The molecule has 0 aromatic heterocycles. The third-order valence-electron chi connectivity index (χ3n) is 5.19. The zero-order valence-electron chi connectivity index (χ0n) is 19.7. The molecule has 1 amide bonds. The van der Waals surface area contributed by atoms with Gasteiger partial charge in [-0.15, -0.1) is 0 Å². The van der Waals surface area contributed by atoms with Crippen molar-refractivity contribution in [3.63, 3.8) is 0 Å². The van der Waals surface area contributed by atoms with E-state index in [1.165, 1.54) is 25.3 Å². The maximum absolute atomic E-state index is 14.0. The first-order chi connectivity index (χ1) is 17.2. The van der Waals surface area contributed by atoms with Crippen molar-refractivity contribution in [3.8, 4) is 17.6 Å². The highest BCUT2D eigenvalue weighted by molar-refractivity contribution is 9.10. The number of rotatable bonds is 8. The molecule has 9 nitrogen and oxygen atoms in total. The Balaban J connectivity index is 1.86. The quantitative estimate of drug-likeness (QED) is 0.458. The molecule has 0 saturated heterocycles. The monoisotopic (exact) mass is 559 g/mol. The zero-order chi connectivity index (χ0) is 26.4. The minimum Gasteiger partial charge on any atom is -0.493 e. The number of halogens is 2. The number of anilines is 1. The van der Waals surface area contributed by atoms with Gasteiger partial charge in [0.15, 0.2) is 18.1 Å². The molecule has 0 saturated carbocycles. The van der Waals surface area contributed by atoms with Crippen LogP contribution in [0.4, 0.5) is 10.1 Å². The lowest BCUT2D eigenvalue weighted by atomic mass is 9.83. The Morgan fingerprint density at radius 3 is 2.64 bits per heavy atom. The molecular formula is C25H23BrFN3O6. The summed E-state index contributed by atoms with van der Waals surface area (Å²) in [6, 6.07) is 10.9. The first kappa shape index (κ1) is 26.6. The first-order valence-corrected chi connectivity index (χ1v) is 11.5. The molecule has 36 heavy (non-hydrogen) atoms. The number of hydrogen-bond acceptors (Lipinski definition) is 8. The normalized spacial score (nSPS) is 15.1. The van der Waals surface area contributed by atoms with Crippen LogP contribution >= 0.6 is 15.9 Å². The summed E-state index contributed by atoms with van der Waals surface area (Å²) in [6.45, 7) is 2.93. The van der Waals surface area contributed by atoms with Crippen molar-refractivity contribution in [1.82, 2.24) is 0 Å². The predicted molar refractivity (Wildman–Crippen MR) is 131 cm³/mol. The molecule has 0 bridgehead atoms. The van der Waals surface area contributed by atoms with Crippen molar-refractivity contribution in [2.75, 3.05) is 25.6 Å². The van der Waals surface area contributed by atoms with Gasteiger partial charge in [-0.2, -0.15) is 5.26 Å². The fourth-order valence-electron chi connectivity index (χ4n) is 3.59. The Bertz CT molecular complexity index is 1300. The molecule has 1 aliphatic rings. The fraction of sp³-hybridized carbons (Fsp3) is 0.240. The highest BCUT2D eigenvalue weighted by Gasteiger charge is 2.36. The van der Waals surface area contributed by atoms with Crippen LogP contribution in [-0.2, 0) is 19.1 Å². The van der Waals surface area contributed by atoms with E-state index in [0.717, 1.165) is 0 Å². The van der Waals surface area contributed by atoms with Crippen LogP contribution < -0.4 is 20.5 Å². The Labute approximate surface area is 215 Å². The maximum Gasteiger partial charge on any atom is 0.338 e. The van der Waals surface area contributed by atoms with Crippen molar-refractivity contribution in [2.45, 2.75) is 19.8 Å². The van der Waals surface area contributed by atoms with E-state index in [1.54, 1.807) is 32.0 Å². The second-order valence-corrected chi connectivity index (χ2v) is 8.40. The SMILES string of the molecule is CCOC(=O)C1=C(C)OC(N)=C(C#N)C1c1ccc(OCC(=O)Nc2ccc(Br)cc2F)c(OC)c1. The lowest BCUT2D eigenvalue weighted by Gasteiger charge is -2.27. The van der Waals surface area contributed by atoms with Crippen LogP contribution in [-0.4, -0.2) is 32.2 Å². The number of nitrogens with one attached hydrogen (secondary N) is 1. The van der Waals surface area contributed by atoms with E-state index in [1.807, 2.05) is 6.07 Å².